The number of Topliss-reactive ketones (excluding diaryl/α,β-unsaturated/α-hetero) is 1. The fourth-order valence-corrected chi connectivity index (χ4v) is 8.44. The lowest BCUT2D eigenvalue weighted by Crippen LogP contribution is -2.46. The normalized spacial score (nSPS) is 32.4. The molecule has 4 aliphatic rings. The van der Waals surface area contributed by atoms with Crippen molar-refractivity contribution in [2.75, 3.05) is 25.6 Å². The molecule has 4 aliphatic heterocycles. The number of ketones is 1. The first-order valence-electron chi connectivity index (χ1n) is 20.5. The summed E-state index contributed by atoms with van der Waals surface area (Å²) in [6.07, 6.45) is 6.32. The summed E-state index contributed by atoms with van der Waals surface area (Å²) in [7, 11) is 1.44. The molecule has 15 nitrogen and oxygen atoms in total. The Morgan fingerprint density at radius 1 is 0.967 bits per heavy atom. The fourth-order valence-electron chi connectivity index (χ4n) is 8.44. The number of allylic oxidation sites excluding steroid dienone is 2. The molecule has 5 N–H and O–H groups in total. The van der Waals surface area contributed by atoms with E-state index in [9.17, 15) is 39.6 Å². The smallest absolute Gasteiger partial charge is 0.312 e. The van der Waals surface area contributed by atoms with Gasteiger partial charge in [0, 0.05) is 79.8 Å². The Morgan fingerprint density at radius 2 is 1.67 bits per heavy atom. The summed E-state index contributed by atoms with van der Waals surface area (Å²) in [5, 5.41) is 48.6. The number of carbonyl (C=O) groups is 4. The zero-order chi connectivity index (χ0) is 44.4. The third kappa shape index (κ3) is 9.13. The number of rotatable bonds is 5. The Kier molecular flexibility index (Phi) is 14.3. The van der Waals surface area contributed by atoms with Crippen LogP contribution >= 0.6 is 0 Å². The minimum Gasteiger partial charge on any atom is -0.507 e. The van der Waals surface area contributed by atoms with Crippen LogP contribution in [0.1, 0.15) is 90.6 Å². The quantitative estimate of drug-likeness (QED) is 0.178. The Bertz CT molecular complexity index is 2080. The molecule has 6 rings (SSSR count). The van der Waals surface area contributed by atoms with Crippen LogP contribution in [-0.4, -0.2) is 105 Å². The van der Waals surface area contributed by atoms with Crippen molar-refractivity contribution in [2.45, 2.75) is 118 Å². The highest BCUT2D eigenvalue weighted by atomic mass is 16.7. The van der Waals surface area contributed by atoms with Gasteiger partial charge in [-0.1, -0.05) is 45.9 Å². The maximum absolute atomic E-state index is 14.5. The predicted molar refractivity (Wildman–Crippen MR) is 223 cm³/mol. The molecule has 0 aromatic heterocycles. The molecule has 328 valence electrons. The van der Waals surface area contributed by atoms with E-state index in [1.807, 2.05) is 6.92 Å². The standard InChI is InChI=1S/C45H60N2O13/c1-22-14-13-15-23(2)44(55)46-30-20-32(57-21-33(49)47-18-12-11-16-24(47)3)34-35(40(30)53)39(52)28(7)42-36(34)43(54)45(9,60-42)58-19-17-31(56-10)25(4)41(59-29(8)48)27(6)38(51)26(5)37(22)50/h13-15,17,19-20,22,24-27,31,37-38,41,50-53H,11-12,16,18,21H2,1-10H3,(H,46,55)/b14-13+,19-17+,23-15-. The molecule has 0 aliphatic carbocycles. The number of benzene rings is 2. The van der Waals surface area contributed by atoms with Gasteiger partial charge >= 0.3 is 11.8 Å². The summed E-state index contributed by atoms with van der Waals surface area (Å²) >= 11 is 0. The Balaban J connectivity index is 1.66. The third-order valence-corrected chi connectivity index (χ3v) is 12.3. The second-order valence-electron chi connectivity index (χ2n) is 16.6. The van der Waals surface area contributed by atoms with E-state index in [1.165, 1.54) is 59.3 Å². The Hall–Kier alpha value is -5.12. The molecular weight excluding hydrogens is 776 g/mol. The molecule has 1 saturated heterocycles. The molecule has 15 heteroatoms. The molecule has 2 amide bonds. The minimum atomic E-state index is -2.02. The molecular formula is C45H60N2O13. The number of carbonyl (C=O) groups excluding carboxylic acids is 4. The monoisotopic (exact) mass is 836 g/mol. The van der Waals surface area contributed by atoms with Crippen LogP contribution in [0.15, 0.2) is 42.2 Å². The molecule has 60 heavy (non-hydrogen) atoms. The number of phenols is 2. The zero-order valence-corrected chi connectivity index (χ0v) is 36.1. The van der Waals surface area contributed by atoms with Crippen molar-refractivity contribution in [2.24, 2.45) is 23.7 Å². The SMILES string of the molecule is COC1/C=C/OC2(C)Oc3c(C)c(O)c4c(O)c(cc(OCC(=O)N5CCCCC5C)c4c3C2=O)NC(=O)/C(C)=C\C=C\C(C)C(O)C(C)C(O)C(C)C(OC(C)=O)C1C. The number of aliphatic hydroxyl groups is 2. The number of ether oxygens (including phenoxy) is 5. The lowest BCUT2D eigenvalue weighted by Gasteiger charge is -2.38. The number of methoxy groups -OCH3 is 1. The first-order chi connectivity index (χ1) is 28.2. The number of aromatic hydroxyl groups is 2. The molecule has 10 unspecified atom stereocenters. The van der Waals surface area contributed by atoms with Gasteiger partial charge in [-0.2, -0.15) is 0 Å². The van der Waals surface area contributed by atoms with Gasteiger partial charge in [-0.3, -0.25) is 19.2 Å². The predicted octanol–water partition coefficient (Wildman–Crippen LogP) is 5.83. The number of phenolic OH excluding ortho intramolecular Hbond substituents is 2. The van der Waals surface area contributed by atoms with E-state index in [-0.39, 0.29) is 56.6 Å². The van der Waals surface area contributed by atoms with E-state index in [2.05, 4.69) is 5.32 Å². The number of aliphatic hydroxyl groups excluding tert-OH is 2. The number of hydrogen-bond donors (Lipinski definition) is 5. The van der Waals surface area contributed by atoms with Gasteiger partial charge in [-0.15, -0.1) is 0 Å². The van der Waals surface area contributed by atoms with Crippen molar-refractivity contribution in [3.05, 3.63) is 53.3 Å². The van der Waals surface area contributed by atoms with Crippen molar-refractivity contribution in [1.82, 2.24) is 4.90 Å². The van der Waals surface area contributed by atoms with Crippen LogP contribution in [0.5, 0.6) is 23.0 Å². The fraction of sp³-hybridized carbons (Fsp3) is 0.556. The van der Waals surface area contributed by atoms with Gasteiger partial charge in [0.25, 0.3) is 17.6 Å². The lowest BCUT2D eigenvalue weighted by molar-refractivity contribution is -0.160. The van der Waals surface area contributed by atoms with Crippen LogP contribution < -0.4 is 14.8 Å². The van der Waals surface area contributed by atoms with E-state index >= 15 is 0 Å². The van der Waals surface area contributed by atoms with Crippen LogP contribution in [0.3, 0.4) is 0 Å². The summed E-state index contributed by atoms with van der Waals surface area (Å²) in [6, 6.07) is 1.28. The molecule has 2 aromatic rings. The molecule has 0 saturated carbocycles. The summed E-state index contributed by atoms with van der Waals surface area (Å²) in [5.74, 6) is -7.87. The van der Waals surface area contributed by atoms with E-state index < -0.39 is 89.6 Å². The van der Waals surface area contributed by atoms with Gasteiger partial charge in [0.1, 0.15) is 23.4 Å². The van der Waals surface area contributed by atoms with Gasteiger partial charge in [0.2, 0.25) is 0 Å². The van der Waals surface area contributed by atoms with Crippen molar-refractivity contribution in [1.29, 1.82) is 0 Å². The van der Waals surface area contributed by atoms with Crippen LogP contribution in [-0.2, 0) is 28.6 Å². The van der Waals surface area contributed by atoms with Gasteiger partial charge < -0.3 is 54.3 Å². The second kappa shape index (κ2) is 18.7. The molecule has 2 aromatic carbocycles. The number of esters is 1. The maximum Gasteiger partial charge on any atom is 0.312 e. The van der Waals surface area contributed by atoms with Crippen molar-refractivity contribution < 1.29 is 63.3 Å². The second-order valence-corrected chi connectivity index (χ2v) is 16.6. The first kappa shape index (κ1) is 46.0. The molecule has 0 radical (unpaired) electrons. The topological polar surface area (TPSA) is 211 Å². The molecule has 4 heterocycles. The van der Waals surface area contributed by atoms with Gasteiger partial charge in [-0.25, -0.2) is 0 Å². The number of nitrogens with one attached hydrogen (secondary N) is 1. The van der Waals surface area contributed by atoms with Crippen molar-refractivity contribution in [3.8, 4) is 23.0 Å². The van der Waals surface area contributed by atoms with E-state index in [0.717, 1.165) is 19.3 Å². The van der Waals surface area contributed by atoms with Gasteiger partial charge in [0.05, 0.1) is 41.2 Å². The number of fused-ring (bicyclic) bond motifs is 14. The summed E-state index contributed by atoms with van der Waals surface area (Å²) in [6.45, 7) is 14.7. The van der Waals surface area contributed by atoms with Gasteiger partial charge in [-0.05, 0) is 46.1 Å². The van der Waals surface area contributed by atoms with E-state index in [0.29, 0.717) is 6.54 Å². The number of anilines is 1. The highest BCUT2D eigenvalue weighted by molar-refractivity contribution is 6.21. The average molecular weight is 837 g/mol. The summed E-state index contributed by atoms with van der Waals surface area (Å²) in [5.41, 5.74) is 0.0317. The first-order valence-corrected chi connectivity index (χ1v) is 20.5. The highest BCUT2D eigenvalue weighted by Crippen LogP contribution is 2.54. The molecule has 5 bridgehead atoms. The van der Waals surface area contributed by atoms with E-state index in [4.69, 9.17) is 23.7 Å². The van der Waals surface area contributed by atoms with Crippen LogP contribution in [0.4, 0.5) is 5.69 Å². The highest BCUT2D eigenvalue weighted by Gasteiger charge is 2.50. The third-order valence-electron chi connectivity index (χ3n) is 12.3. The van der Waals surface area contributed by atoms with Gasteiger partial charge in [0.15, 0.2) is 12.4 Å². The zero-order valence-electron chi connectivity index (χ0n) is 36.1. The number of amides is 2. The Labute approximate surface area is 351 Å². The van der Waals surface area contributed by atoms with E-state index in [1.54, 1.807) is 44.7 Å². The van der Waals surface area contributed by atoms with Crippen molar-refractivity contribution in [3.63, 3.8) is 0 Å². The van der Waals surface area contributed by atoms with Crippen LogP contribution in [0.2, 0.25) is 0 Å². The summed E-state index contributed by atoms with van der Waals surface area (Å²) < 4.78 is 29.9. The van der Waals surface area contributed by atoms with Crippen molar-refractivity contribution >= 4 is 40.0 Å². The largest absolute Gasteiger partial charge is 0.507 e. The molecule has 10 atom stereocenters. The molecule has 1 fully saturated rings. The lowest BCUT2D eigenvalue weighted by atomic mass is 9.78. The van der Waals surface area contributed by atoms with Crippen LogP contribution in [0.25, 0.3) is 10.8 Å². The number of likely N-dealkylation sites (tertiary alicyclic amines) is 1. The molecule has 0 spiro atoms. The Morgan fingerprint density at radius 3 is 2.32 bits per heavy atom. The maximum atomic E-state index is 14.5. The number of hydrogen-bond acceptors (Lipinski definition) is 13. The summed E-state index contributed by atoms with van der Waals surface area (Å²) in [4.78, 5) is 55.7. The van der Waals surface area contributed by atoms with Crippen LogP contribution in [0, 0.1) is 30.6 Å². The minimum absolute atomic E-state index is 0.0115. The number of piperidine rings is 1. The number of nitrogens with zero attached hydrogens (tertiary/aromatic N) is 1. The average Bonchev–Trinajstić information content (AvgIpc) is 3.48.